The predicted octanol–water partition coefficient (Wildman–Crippen LogP) is 6.43. The summed E-state index contributed by atoms with van der Waals surface area (Å²) in [7, 11) is 2.47. The molecule has 2 aliphatic heterocycles. The van der Waals surface area contributed by atoms with Crippen LogP contribution in [0.1, 0.15) is 78.4 Å². The van der Waals surface area contributed by atoms with Crippen molar-refractivity contribution in [1.82, 2.24) is 20.4 Å². The number of anilines is 3. The van der Waals surface area contributed by atoms with E-state index in [4.69, 9.17) is 9.47 Å². The number of hydrogen-bond donors (Lipinski definition) is 4. The second-order valence-corrected chi connectivity index (χ2v) is 18.0. The zero-order valence-electron chi connectivity index (χ0n) is 36.9. The summed E-state index contributed by atoms with van der Waals surface area (Å²) in [6, 6.07) is 17.8. The summed E-state index contributed by atoms with van der Waals surface area (Å²) >= 11 is 0. The first-order chi connectivity index (χ1) is 29.3. The van der Waals surface area contributed by atoms with Gasteiger partial charge in [-0.1, -0.05) is 65.8 Å². The van der Waals surface area contributed by atoms with E-state index in [1.165, 1.54) is 36.2 Å². The number of likely N-dealkylation sites (tertiary alicyclic amines) is 2. The number of carbonyl (C=O) groups excluding carboxylic acids is 6. The van der Waals surface area contributed by atoms with Crippen LogP contribution in [0.3, 0.4) is 0 Å². The Morgan fingerprint density at radius 2 is 1.00 bits per heavy atom. The lowest BCUT2D eigenvalue weighted by Crippen LogP contribution is -2.57. The van der Waals surface area contributed by atoms with E-state index >= 15 is 0 Å². The molecule has 4 atom stereocenters. The summed E-state index contributed by atoms with van der Waals surface area (Å²) in [4.78, 5) is 83.6. The van der Waals surface area contributed by atoms with E-state index in [0.717, 1.165) is 16.8 Å². The van der Waals surface area contributed by atoms with E-state index in [2.05, 4.69) is 26.2 Å². The fraction of sp³-hybridized carbons (Fsp3) is 0.478. The van der Waals surface area contributed by atoms with Gasteiger partial charge < -0.3 is 45.4 Å². The van der Waals surface area contributed by atoms with Gasteiger partial charge in [0.2, 0.25) is 23.6 Å². The van der Waals surface area contributed by atoms with Crippen LogP contribution in [0.2, 0.25) is 0 Å². The van der Waals surface area contributed by atoms with Gasteiger partial charge in [0.1, 0.15) is 30.0 Å². The number of nitrogens with one attached hydrogen (secondary N) is 4. The zero-order valence-corrected chi connectivity index (χ0v) is 36.9. The van der Waals surface area contributed by atoms with Crippen molar-refractivity contribution in [1.29, 1.82) is 0 Å². The van der Waals surface area contributed by atoms with Gasteiger partial charge in [0.15, 0.2) is 0 Å². The van der Waals surface area contributed by atoms with Gasteiger partial charge in [-0.25, -0.2) is 14.0 Å². The number of methoxy groups -OCH3 is 2. The minimum atomic E-state index is -0.885. The molecule has 0 bridgehead atoms. The number of hydrogen-bond acceptors (Lipinski definition) is 9. The van der Waals surface area contributed by atoms with Crippen molar-refractivity contribution in [2.45, 2.75) is 104 Å². The van der Waals surface area contributed by atoms with Crippen molar-refractivity contribution < 1.29 is 42.6 Å². The number of alkyl carbamates (subject to hydrolysis) is 2. The van der Waals surface area contributed by atoms with Crippen molar-refractivity contribution in [3.05, 3.63) is 89.7 Å². The van der Waals surface area contributed by atoms with Gasteiger partial charge in [-0.3, -0.25) is 19.2 Å². The van der Waals surface area contributed by atoms with E-state index in [0.29, 0.717) is 63.2 Å². The van der Waals surface area contributed by atoms with Crippen molar-refractivity contribution in [3.63, 3.8) is 0 Å². The standard InChI is InChI=1S/C46H60FN7O8/c1-45(2,3)37(50-43(59)61-7)41(57)53-25-9-11-35(53)39(55)48-32-19-13-29(14-20-32)27-52(34-23-17-31(47)18-24-34)28-30-15-21-33(22-16-30)49-40(56)36-12-10-26-54(36)42(58)38(46(4,5)6)51-44(60)62-8/h13-24,35-38H,9-12,25-28H2,1-8H3,(H,48,55)(H,49,56)(H,50,59)(H,51,60)/t35-,36-,37+,38+/m0/s1. The van der Waals surface area contributed by atoms with Crippen molar-refractivity contribution in [3.8, 4) is 0 Å². The Morgan fingerprint density at radius 1 is 0.629 bits per heavy atom. The van der Waals surface area contributed by atoms with Crippen LogP contribution in [-0.2, 0) is 41.7 Å². The van der Waals surface area contributed by atoms with Crippen LogP contribution in [0.25, 0.3) is 0 Å². The Balaban J connectivity index is 1.23. The molecule has 0 unspecified atom stereocenters. The quantitative estimate of drug-likeness (QED) is 0.151. The Labute approximate surface area is 363 Å². The maximum absolute atomic E-state index is 14.0. The molecule has 0 saturated carbocycles. The Kier molecular flexibility index (Phi) is 15.2. The Morgan fingerprint density at radius 3 is 1.34 bits per heavy atom. The third-order valence-electron chi connectivity index (χ3n) is 11.2. The summed E-state index contributed by atoms with van der Waals surface area (Å²) in [5.74, 6) is -1.69. The van der Waals surface area contributed by atoms with E-state index in [9.17, 15) is 33.2 Å². The first-order valence-corrected chi connectivity index (χ1v) is 20.9. The molecular formula is C46H60FN7O8. The van der Waals surface area contributed by atoms with Crippen LogP contribution in [0.4, 0.5) is 31.0 Å². The van der Waals surface area contributed by atoms with Gasteiger partial charge in [0.05, 0.1) is 14.2 Å². The van der Waals surface area contributed by atoms with Crippen LogP contribution in [-0.4, -0.2) is 97.1 Å². The van der Waals surface area contributed by atoms with Crippen molar-refractivity contribution in [2.75, 3.05) is 42.8 Å². The topological polar surface area (TPSA) is 179 Å². The second-order valence-electron chi connectivity index (χ2n) is 18.0. The molecule has 2 fully saturated rings. The molecule has 2 aliphatic rings. The average molecular weight is 858 g/mol. The number of carbonyl (C=O) groups is 6. The number of halogens is 1. The molecule has 0 aromatic heterocycles. The fourth-order valence-electron chi connectivity index (χ4n) is 7.76. The highest BCUT2D eigenvalue weighted by Gasteiger charge is 2.43. The van der Waals surface area contributed by atoms with Crippen LogP contribution in [0, 0.1) is 16.6 Å². The molecule has 62 heavy (non-hydrogen) atoms. The minimum Gasteiger partial charge on any atom is -0.453 e. The molecule has 3 aromatic carbocycles. The van der Waals surface area contributed by atoms with Gasteiger partial charge in [-0.05, 0) is 96.2 Å². The molecule has 0 aliphatic carbocycles. The fourth-order valence-corrected chi connectivity index (χ4v) is 7.76. The SMILES string of the molecule is COC(=O)N[C@H](C(=O)N1CCC[C@H]1C(=O)Nc1ccc(CN(Cc2ccc(NC(=O)[C@@H]3CCCN3C(=O)[C@@H](NC(=O)OC)C(C)(C)C)cc2)c2ccc(F)cc2)cc1)C(C)(C)C. The zero-order chi connectivity index (χ0) is 45.4. The highest BCUT2D eigenvalue weighted by atomic mass is 19.1. The summed E-state index contributed by atoms with van der Waals surface area (Å²) < 4.78 is 23.5. The molecule has 2 heterocycles. The van der Waals surface area contributed by atoms with Crippen molar-refractivity contribution >= 4 is 52.9 Å². The van der Waals surface area contributed by atoms with Crippen LogP contribution < -0.4 is 26.2 Å². The van der Waals surface area contributed by atoms with Crippen LogP contribution >= 0.6 is 0 Å². The third-order valence-corrected chi connectivity index (χ3v) is 11.2. The van der Waals surface area contributed by atoms with E-state index in [-0.39, 0.29) is 29.4 Å². The average Bonchev–Trinajstić information content (AvgIpc) is 3.93. The Hall–Kier alpha value is -6.19. The van der Waals surface area contributed by atoms with E-state index in [1.807, 2.05) is 65.8 Å². The lowest BCUT2D eigenvalue weighted by atomic mass is 9.85. The number of rotatable bonds is 13. The van der Waals surface area contributed by atoms with Gasteiger partial charge in [0.25, 0.3) is 0 Å². The van der Waals surface area contributed by atoms with Crippen LogP contribution in [0.5, 0.6) is 0 Å². The molecule has 4 N–H and O–H groups in total. The second kappa shape index (κ2) is 20.1. The number of ether oxygens (including phenoxy) is 2. The monoisotopic (exact) mass is 857 g/mol. The molecule has 16 heteroatoms. The van der Waals surface area contributed by atoms with E-state index in [1.54, 1.807) is 36.4 Å². The Bertz CT molecular complexity index is 1940. The molecule has 5 rings (SSSR count). The molecular weight excluding hydrogens is 798 g/mol. The molecule has 6 amide bonds. The third kappa shape index (κ3) is 12.0. The smallest absolute Gasteiger partial charge is 0.407 e. The summed E-state index contributed by atoms with van der Waals surface area (Å²) in [6.07, 6.45) is 0.824. The number of amides is 6. The first-order valence-electron chi connectivity index (χ1n) is 20.9. The highest BCUT2D eigenvalue weighted by Crippen LogP contribution is 2.29. The lowest BCUT2D eigenvalue weighted by molar-refractivity contribution is -0.140. The van der Waals surface area contributed by atoms with E-state index < -0.39 is 47.2 Å². The summed E-state index contributed by atoms with van der Waals surface area (Å²) in [5.41, 5.74) is 2.48. The highest BCUT2D eigenvalue weighted by molar-refractivity contribution is 6.00. The number of benzene rings is 3. The predicted molar refractivity (Wildman–Crippen MR) is 233 cm³/mol. The van der Waals surface area contributed by atoms with Gasteiger partial charge in [-0.15, -0.1) is 0 Å². The molecule has 15 nitrogen and oxygen atoms in total. The largest absolute Gasteiger partial charge is 0.453 e. The number of nitrogens with zero attached hydrogens (tertiary/aromatic N) is 3. The maximum Gasteiger partial charge on any atom is 0.407 e. The minimum absolute atomic E-state index is 0.321. The summed E-state index contributed by atoms with van der Waals surface area (Å²) in [6.45, 7) is 12.7. The lowest BCUT2D eigenvalue weighted by Gasteiger charge is -2.35. The van der Waals surface area contributed by atoms with Gasteiger partial charge in [-0.2, -0.15) is 0 Å². The molecule has 0 radical (unpaired) electrons. The molecule has 0 spiro atoms. The maximum atomic E-state index is 14.0. The molecule has 334 valence electrons. The van der Waals surface area contributed by atoms with Gasteiger partial charge in [0, 0.05) is 43.2 Å². The van der Waals surface area contributed by atoms with Gasteiger partial charge >= 0.3 is 12.2 Å². The first kappa shape index (κ1) is 46.9. The normalized spacial score (nSPS) is 17.4. The molecule has 3 aromatic rings. The molecule has 2 saturated heterocycles. The summed E-state index contributed by atoms with van der Waals surface area (Å²) in [5, 5.41) is 11.2. The van der Waals surface area contributed by atoms with Crippen molar-refractivity contribution in [2.24, 2.45) is 10.8 Å². The van der Waals surface area contributed by atoms with Crippen LogP contribution in [0.15, 0.2) is 72.8 Å².